The molecular formula is C14H20ClNO3S2. The highest BCUT2D eigenvalue weighted by molar-refractivity contribution is 8.13. The molecule has 0 radical (unpaired) electrons. The van der Waals surface area contributed by atoms with Crippen LogP contribution in [0.5, 0.6) is 0 Å². The fraction of sp³-hybridized carbons (Fsp3) is 0.643. The van der Waals surface area contributed by atoms with Crippen LogP contribution in [0.4, 0.5) is 0 Å². The predicted octanol–water partition coefficient (Wildman–Crippen LogP) is 3.78. The van der Waals surface area contributed by atoms with Gasteiger partial charge in [0.1, 0.15) is 0 Å². The first kappa shape index (κ1) is 16.8. The minimum absolute atomic E-state index is 0.0570. The molecule has 1 aliphatic heterocycles. The molecule has 0 N–H and O–H groups in total. The number of thiophene rings is 1. The average molecular weight is 350 g/mol. The Labute approximate surface area is 134 Å². The molecule has 1 aromatic heterocycles. The predicted molar refractivity (Wildman–Crippen MR) is 85.7 cm³/mol. The second-order valence-corrected chi connectivity index (χ2v) is 9.20. The third-order valence-electron chi connectivity index (χ3n) is 3.86. The molecule has 0 saturated carbocycles. The maximum Gasteiger partial charge on any atom is 0.264 e. The van der Waals surface area contributed by atoms with Gasteiger partial charge in [-0.15, -0.1) is 11.3 Å². The highest BCUT2D eigenvalue weighted by atomic mass is 35.7. The molecule has 2 heterocycles. The molecule has 4 nitrogen and oxygen atoms in total. The second kappa shape index (κ2) is 6.67. The van der Waals surface area contributed by atoms with Crippen LogP contribution in [0.15, 0.2) is 11.0 Å². The zero-order chi connectivity index (χ0) is 15.6. The number of hydrogen-bond donors (Lipinski definition) is 0. The average Bonchev–Trinajstić information content (AvgIpc) is 2.81. The van der Waals surface area contributed by atoms with Crippen molar-refractivity contribution in [3.63, 3.8) is 0 Å². The fourth-order valence-electron chi connectivity index (χ4n) is 2.86. The Morgan fingerprint density at radius 3 is 2.76 bits per heavy atom. The van der Waals surface area contributed by atoms with Crippen LogP contribution in [0, 0.1) is 6.92 Å². The van der Waals surface area contributed by atoms with Crippen molar-refractivity contribution >= 4 is 37.0 Å². The molecule has 1 amide bonds. The van der Waals surface area contributed by atoms with Crippen molar-refractivity contribution in [3.05, 3.63) is 15.8 Å². The maximum atomic E-state index is 12.7. The Hall–Kier alpha value is -0.590. The number of aryl methyl sites for hydroxylation is 1. The van der Waals surface area contributed by atoms with Gasteiger partial charge < -0.3 is 4.90 Å². The fourth-order valence-corrected chi connectivity index (χ4v) is 5.48. The normalized spacial score (nSPS) is 19.8. The summed E-state index contributed by atoms with van der Waals surface area (Å²) in [5.74, 6) is -0.0622. The van der Waals surface area contributed by atoms with Crippen LogP contribution in [-0.4, -0.2) is 31.8 Å². The Morgan fingerprint density at radius 1 is 1.48 bits per heavy atom. The number of rotatable bonds is 4. The van der Waals surface area contributed by atoms with Crippen LogP contribution in [0.3, 0.4) is 0 Å². The molecular weight excluding hydrogens is 330 g/mol. The van der Waals surface area contributed by atoms with E-state index in [2.05, 4.69) is 6.92 Å². The van der Waals surface area contributed by atoms with E-state index in [0.717, 1.165) is 38.6 Å². The van der Waals surface area contributed by atoms with E-state index in [4.69, 9.17) is 10.7 Å². The lowest BCUT2D eigenvalue weighted by Crippen LogP contribution is -2.43. The number of carbonyl (C=O) groups excluding carboxylic acids is 1. The number of halogens is 1. The Kier molecular flexibility index (Phi) is 5.33. The molecule has 2 rings (SSSR count). The van der Waals surface area contributed by atoms with Gasteiger partial charge in [0.25, 0.3) is 15.0 Å². The van der Waals surface area contributed by atoms with Gasteiger partial charge in [0.15, 0.2) is 0 Å². The van der Waals surface area contributed by atoms with Gasteiger partial charge in [0, 0.05) is 28.1 Å². The van der Waals surface area contributed by atoms with Crippen LogP contribution >= 0.6 is 22.0 Å². The minimum Gasteiger partial charge on any atom is -0.335 e. The topological polar surface area (TPSA) is 54.5 Å². The maximum absolute atomic E-state index is 12.7. The molecule has 0 aliphatic carbocycles. The number of hydrogen-bond acceptors (Lipinski definition) is 4. The molecule has 0 bridgehead atoms. The van der Waals surface area contributed by atoms with Gasteiger partial charge in [-0.05, 0) is 38.7 Å². The van der Waals surface area contributed by atoms with Gasteiger partial charge in [-0.1, -0.05) is 13.3 Å². The lowest BCUT2D eigenvalue weighted by atomic mass is 9.98. The standard InChI is InChI=1S/C14H20ClNO3S2/c1-3-6-11-7-4-5-8-16(11)14(17)12-9-13(10(2)20-12)21(15,18)19/h9,11H,3-8H2,1-2H3. The van der Waals surface area contributed by atoms with Crippen molar-refractivity contribution in [1.82, 2.24) is 4.90 Å². The molecule has 7 heteroatoms. The molecule has 1 unspecified atom stereocenters. The lowest BCUT2D eigenvalue weighted by Gasteiger charge is -2.35. The first-order valence-electron chi connectivity index (χ1n) is 7.20. The summed E-state index contributed by atoms with van der Waals surface area (Å²) in [7, 11) is 1.61. The highest BCUT2D eigenvalue weighted by Gasteiger charge is 2.29. The highest BCUT2D eigenvalue weighted by Crippen LogP contribution is 2.31. The lowest BCUT2D eigenvalue weighted by molar-refractivity contribution is 0.0605. The van der Waals surface area contributed by atoms with Crippen molar-refractivity contribution in [2.24, 2.45) is 0 Å². The van der Waals surface area contributed by atoms with E-state index < -0.39 is 9.05 Å². The second-order valence-electron chi connectivity index (χ2n) is 5.41. The molecule has 1 saturated heterocycles. The van der Waals surface area contributed by atoms with Crippen LogP contribution in [0.2, 0.25) is 0 Å². The Bertz CT molecular complexity index is 622. The van der Waals surface area contributed by atoms with Crippen LogP contribution in [0.25, 0.3) is 0 Å². The van der Waals surface area contributed by atoms with Gasteiger partial charge in [0.2, 0.25) is 0 Å². The summed E-state index contributed by atoms with van der Waals surface area (Å²) in [6, 6.07) is 1.69. The van der Waals surface area contributed by atoms with E-state index in [1.165, 1.54) is 17.4 Å². The van der Waals surface area contributed by atoms with Gasteiger partial charge in [-0.25, -0.2) is 8.42 Å². The molecule has 1 aliphatic rings. The van der Waals surface area contributed by atoms with Gasteiger partial charge in [-0.3, -0.25) is 4.79 Å². The zero-order valence-electron chi connectivity index (χ0n) is 12.3. The van der Waals surface area contributed by atoms with E-state index in [0.29, 0.717) is 9.75 Å². The van der Waals surface area contributed by atoms with Crippen molar-refractivity contribution in [2.45, 2.75) is 56.9 Å². The third-order valence-corrected chi connectivity index (χ3v) is 6.47. The van der Waals surface area contributed by atoms with Crippen molar-refractivity contribution < 1.29 is 13.2 Å². The summed E-state index contributed by atoms with van der Waals surface area (Å²) < 4.78 is 23.0. The summed E-state index contributed by atoms with van der Waals surface area (Å²) in [5, 5.41) is 0. The Balaban J connectivity index is 2.27. The van der Waals surface area contributed by atoms with Crippen molar-refractivity contribution in [2.75, 3.05) is 6.54 Å². The van der Waals surface area contributed by atoms with Gasteiger partial charge in [0.05, 0.1) is 9.77 Å². The van der Waals surface area contributed by atoms with E-state index >= 15 is 0 Å². The van der Waals surface area contributed by atoms with Gasteiger partial charge in [-0.2, -0.15) is 0 Å². The van der Waals surface area contributed by atoms with E-state index in [9.17, 15) is 13.2 Å². The number of piperidine rings is 1. The summed E-state index contributed by atoms with van der Waals surface area (Å²) >= 11 is 1.21. The molecule has 21 heavy (non-hydrogen) atoms. The monoisotopic (exact) mass is 349 g/mol. The van der Waals surface area contributed by atoms with Crippen LogP contribution < -0.4 is 0 Å². The summed E-state index contributed by atoms with van der Waals surface area (Å²) in [5.41, 5.74) is 0. The molecule has 1 atom stereocenters. The zero-order valence-corrected chi connectivity index (χ0v) is 14.7. The number of amides is 1. The minimum atomic E-state index is -3.79. The molecule has 0 spiro atoms. The molecule has 1 aromatic rings. The van der Waals surface area contributed by atoms with Crippen LogP contribution in [0.1, 0.15) is 53.6 Å². The first-order valence-corrected chi connectivity index (χ1v) is 10.3. The largest absolute Gasteiger partial charge is 0.335 e. The van der Waals surface area contributed by atoms with Crippen molar-refractivity contribution in [1.29, 1.82) is 0 Å². The van der Waals surface area contributed by atoms with Gasteiger partial charge >= 0.3 is 0 Å². The van der Waals surface area contributed by atoms with E-state index in [1.807, 2.05) is 4.90 Å². The summed E-state index contributed by atoms with van der Waals surface area (Å²) in [6.07, 6.45) is 5.23. The summed E-state index contributed by atoms with van der Waals surface area (Å²) in [6.45, 7) is 4.55. The Morgan fingerprint density at radius 2 is 2.19 bits per heavy atom. The smallest absolute Gasteiger partial charge is 0.264 e. The summed E-state index contributed by atoms with van der Waals surface area (Å²) in [4.78, 5) is 15.7. The van der Waals surface area contributed by atoms with Crippen molar-refractivity contribution in [3.8, 4) is 0 Å². The SMILES string of the molecule is CCCC1CCCCN1C(=O)c1cc(S(=O)(=O)Cl)c(C)s1. The molecule has 1 fully saturated rings. The number of likely N-dealkylation sites (tertiary alicyclic amines) is 1. The molecule has 118 valence electrons. The number of carbonyl (C=O) groups is 1. The van der Waals surface area contributed by atoms with Crippen LogP contribution in [-0.2, 0) is 9.05 Å². The number of nitrogens with zero attached hydrogens (tertiary/aromatic N) is 1. The molecule has 0 aromatic carbocycles. The quantitative estimate of drug-likeness (QED) is 0.777. The first-order chi connectivity index (χ1) is 9.84. The third kappa shape index (κ3) is 3.79. The van der Waals surface area contributed by atoms with E-state index in [1.54, 1.807) is 6.92 Å². The van der Waals surface area contributed by atoms with E-state index in [-0.39, 0.29) is 16.8 Å².